The lowest BCUT2D eigenvalue weighted by Crippen LogP contribution is -2.43. The van der Waals surface area contributed by atoms with Gasteiger partial charge in [0.2, 0.25) is 0 Å². The van der Waals surface area contributed by atoms with Gasteiger partial charge < -0.3 is 10.2 Å². The molecule has 6 nitrogen and oxygen atoms in total. The first-order chi connectivity index (χ1) is 11.5. The van der Waals surface area contributed by atoms with Crippen LogP contribution in [0.25, 0.3) is 0 Å². The zero-order valence-electron chi connectivity index (χ0n) is 13.0. The molecule has 0 spiro atoms. The van der Waals surface area contributed by atoms with Crippen LogP contribution in [0.1, 0.15) is 35.4 Å². The Morgan fingerprint density at radius 2 is 2.04 bits per heavy atom. The Morgan fingerprint density at radius 1 is 1.29 bits per heavy atom. The Morgan fingerprint density at radius 3 is 2.75 bits per heavy atom. The predicted molar refractivity (Wildman–Crippen MR) is 92.2 cm³/mol. The smallest absolute Gasteiger partial charge is 0.288 e. The number of fused-ring (bicyclic) bond motifs is 1. The van der Waals surface area contributed by atoms with Crippen LogP contribution in [0.5, 0.6) is 0 Å². The molecular weight excluding hydrogens is 330 g/mol. The van der Waals surface area contributed by atoms with Crippen molar-refractivity contribution < 1.29 is 9.72 Å². The molecule has 0 radical (unpaired) electrons. The molecule has 2 aromatic carbocycles. The van der Waals surface area contributed by atoms with Gasteiger partial charge in [0.05, 0.1) is 10.5 Å². The second kappa shape index (κ2) is 6.49. The van der Waals surface area contributed by atoms with Crippen molar-refractivity contribution in [1.82, 2.24) is 4.90 Å². The minimum absolute atomic E-state index is 0.0772. The summed E-state index contributed by atoms with van der Waals surface area (Å²) in [5, 5.41) is 14.5. The standard InChI is InChI=1S/C17H16ClN3O3/c1-2-9-20-16(11-7-8-13(18)15(10-11)21(23)24)19-14-6-4-3-5-12(14)17(20)22/h3-8,10,16,19H,2,9H2,1H3. The number of anilines is 1. The van der Waals surface area contributed by atoms with Crippen LogP contribution in [-0.4, -0.2) is 22.3 Å². The molecule has 0 aliphatic carbocycles. The topological polar surface area (TPSA) is 75.5 Å². The van der Waals surface area contributed by atoms with Crippen LogP contribution in [0.4, 0.5) is 11.4 Å². The minimum atomic E-state index is -0.519. The Labute approximate surface area is 144 Å². The maximum atomic E-state index is 12.8. The summed E-state index contributed by atoms with van der Waals surface area (Å²) >= 11 is 5.89. The normalized spacial score (nSPS) is 16.5. The third kappa shape index (κ3) is 2.80. The number of benzene rings is 2. The molecule has 0 bridgehead atoms. The fourth-order valence-corrected chi connectivity index (χ4v) is 3.05. The molecule has 24 heavy (non-hydrogen) atoms. The second-order valence-corrected chi connectivity index (χ2v) is 5.97. The van der Waals surface area contributed by atoms with Gasteiger partial charge in [-0.05, 0) is 24.6 Å². The lowest BCUT2D eigenvalue weighted by molar-refractivity contribution is -0.384. The van der Waals surface area contributed by atoms with E-state index in [1.807, 2.05) is 25.1 Å². The molecule has 0 saturated carbocycles. The largest absolute Gasteiger partial charge is 0.361 e. The lowest BCUT2D eigenvalue weighted by Gasteiger charge is -2.38. The summed E-state index contributed by atoms with van der Waals surface area (Å²) in [5.41, 5.74) is 1.78. The van der Waals surface area contributed by atoms with Crippen LogP contribution in [0.2, 0.25) is 5.02 Å². The number of nitrogens with zero attached hydrogens (tertiary/aromatic N) is 2. The van der Waals surface area contributed by atoms with Crippen molar-refractivity contribution in [2.75, 3.05) is 11.9 Å². The first kappa shape index (κ1) is 16.3. The molecule has 1 unspecified atom stereocenters. The summed E-state index contributed by atoms with van der Waals surface area (Å²) in [5.74, 6) is -0.0891. The quantitative estimate of drug-likeness (QED) is 0.664. The molecule has 1 atom stereocenters. The number of nitro benzene ring substituents is 1. The van der Waals surface area contributed by atoms with Gasteiger partial charge in [-0.3, -0.25) is 14.9 Å². The summed E-state index contributed by atoms with van der Waals surface area (Å²) in [6.07, 6.45) is 0.310. The van der Waals surface area contributed by atoms with E-state index in [4.69, 9.17) is 11.6 Å². The van der Waals surface area contributed by atoms with Gasteiger partial charge >= 0.3 is 0 Å². The third-order valence-electron chi connectivity index (χ3n) is 3.97. The second-order valence-electron chi connectivity index (χ2n) is 5.56. The third-order valence-corrected chi connectivity index (χ3v) is 4.29. The molecule has 1 aliphatic rings. The molecule has 1 aliphatic heterocycles. The zero-order valence-corrected chi connectivity index (χ0v) is 13.8. The highest BCUT2D eigenvalue weighted by atomic mass is 35.5. The molecule has 124 valence electrons. The van der Waals surface area contributed by atoms with Crippen molar-refractivity contribution in [3.05, 3.63) is 68.7 Å². The van der Waals surface area contributed by atoms with E-state index in [2.05, 4.69) is 5.32 Å². The highest BCUT2D eigenvalue weighted by molar-refractivity contribution is 6.32. The van der Waals surface area contributed by atoms with E-state index in [0.29, 0.717) is 17.7 Å². The van der Waals surface area contributed by atoms with E-state index in [-0.39, 0.29) is 16.6 Å². The Hall–Kier alpha value is -2.60. The van der Waals surface area contributed by atoms with Crippen molar-refractivity contribution >= 4 is 28.9 Å². The Balaban J connectivity index is 2.07. The van der Waals surface area contributed by atoms with Gasteiger partial charge in [-0.1, -0.05) is 36.7 Å². The highest BCUT2D eigenvalue weighted by Crippen LogP contribution is 2.35. The average molecular weight is 346 g/mol. The number of para-hydroxylation sites is 1. The van der Waals surface area contributed by atoms with Gasteiger partial charge in [-0.2, -0.15) is 0 Å². The van der Waals surface area contributed by atoms with Crippen molar-refractivity contribution in [1.29, 1.82) is 0 Å². The summed E-state index contributed by atoms with van der Waals surface area (Å²) in [4.78, 5) is 25.1. The van der Waals surface area contributed by atoms with E-state index in [1.54, 1.807) is 17.0 Å². The van der Waals surface area contributed by atoms with Crippen LogP contribution in [0, 0.1) is 10.1 Å². The molecular formula is C17H16ClN3O3. The van der Waals surface area contributed by atoms with Crippen LogP contribution < -0.4 is 5.32 Å². The van der Waals surface area contributed by atoms with Crippen molar-refractivity contribution in [3.8, 4) is 0 Å². The van der Waals surface area contributed by atoms with E-state index < -0.39 is 11.1 Å². The first-order valence-corrected chi connectivity index (χ1v) is 8.01. The molecule has 3 rings (SSSR count). The van der Waals surface area contributed by atoms with Gasteiger partial charge in [0.15, 0.2) is 0 Å². The molecule has 1 amide bonds. The van der Waals surface area contributed by atoms with Crippen LogP contribution in [0.3, 0.4) is 0 Å². The number of amides is 1. The number of rotatable bonds is 4. The number of carbonyl (C=O) groups excluding carboxylic acids is 1. The molecule has 0 saturated heterocycles. The average Bonchev–Trinajstić information content (AvgIpc) is 2.57. The molecule has 7 heteroatoms. The van der Waals surface area contributed by atoms with Crippen molar-refractivity contribution in [2.24, 2.45) is 0 Å². The van der Waals surface area contributed by atoms with Gasteiger partial charge in [0, 0.05) is 23.9 Å². The van der Waals surface area contributed by atoms with E-state index in [0.717, 1.165) is 12.1 Å². The van der Waals surface area contributed by atoms with Crippen LogP contribution >= 0.6 is 11.6 Å². The number of hydrogen-bond donors (Lipinski definition) is 1. The van der Waals surface area contributed by atoms with Crippen molar-refractivity contribution in [2.45, 2.75) is 19.5 Å². The molecule has 0 fully saturated rings. The number of halogens is 1. The maximum absolute atomic E-state index is 12.8. The van der Waals surface area contributed by atoms with Gasteiger partial charge in [0.1, 0.15) is 11.2 Å². The molecule has 0 aromatic heterocycles. The van der Waals surface area contributed by atoms with E-state index in [9.17, 15) is 14.9 Å². The number of nitro groups is 1. The summed E-state index contributed by atoms with van der Waals surface area (Å²) in [7, 11) is 0. The van der Waals surface area contributed by atoms with Gasteiger partial charge in [-0.25, -0.2) is 0 Å². The number of nitrogens with one attached hydrogen (secondary N) is 1. The van der Waals surface area contributed by atoms with Crippen molar-refractivity contribution in [3.63, 3.8) is 0 Å². The minimum Gasteiger partial charge on any atom is -0.361 e. The van der Waals surface area contributed by atoms with E-state index in [1.165, 1.54) is 12.1 Å². The van der Waals surface area contributed by atoms with Crippen LogP contribution in [0.15, 0.2) is 42.5 Å². The summed E-state index contributed by atoms with van der Waals surface area (Å²) in [6.45, 7) is 2.52. The fraction of sp³-hybridized carbons (Fsp3) is 0.235. The van der Waals surface area contributed by atoms with Gasteiger partial charge in [-0.15, -0.1) is 0 Å². The molecule has 2 aromatic rings. The molecule has 1 N–H and O–H groups in total. The van der Waals surface area contributed by atoms with Crippen LogP contribution in [-0.2, 0) is 0 Å². The number of carbonyl (C=O) groups is 1. The Bertz CT molecular complexity index is 809. The molecule has 1 heterocycles. The van der Waals surface area contributed by atoms with Gasteiger partial charge in [0.25, 0.3) is 11.6 Å². The fourth-order valence-electron chi connectivity index (χ4n) is 2.87. The summed E-state index contributed by atoms with van der Waals surface area (Å²) in [6, 6.07) is 11.9. The SMILES string of the molecule is CCCN1C(=O)c2ccccc2NC1c1ccc(Cl)c([N+](=O)[O-])c1. The highest BCUT2D eigenvalue weighted by Gasteiger charge is 2.33. The summed E-state index contributed by atoms with van der Waals surface area (Å²) < 4.78 is 0. The maximum Gasteiger partial charge on any atom is 0.288 e. The Kier molecular flexibility index (Phi) is 4.40. The number of hydrogen-bond acceptors (Lipinski definition) is 4. The lowest BCUT2D eigenvalue weighted by atomic mass is 10.0. The monoisotopic (exact) mass is 345 g/mol. The zero-order chi connectivity index (χ0) is 17.3. The van der Waals surface area contributed by atoms with E-state index >= 15 is 0 Å². The first-order valence-electron chi connectivity index (χ1n) is 7.63. The predicted octanol–water partition coefficient (Wildman–Crippen LogP) is 4.22.